The summed E-state index contributed by atoms with van der Waals surface area (Å²) in [6, 6.07) is 0. The van der Waals surface area contributed by atoms with Gasteiger partial charge in [0.15, 0.2) is 5.82 Å². The van der Waals surface area contributed by atoms with Crippen LogP contribution in [0.3, 0.4) is 0 Å². The zero-order valence-electron chi connectivity index (χ0n) is 9.30. The average Bonchev–Trinajstić information content (AvgIpc) is 3.04. The van der Waals surface area contributed by atoms with E-state index in [4.69, 9.17) is 4.52 Å². The van der Waals surface area contributed by atoms with Crippen LogP contribution in [0.15, 0.2) is 4.52 Å². The molecule has 1 aromatic heterocycles. The number of rotatable bonds is 3. The standard InChI is InChI=1S/C11H17N3O2/c15-9-3-5-14(6-4-9)7-10-12-11(16-13-10)8-1-2-8/h8-9,15H,1-7H2. The van der Waals surface area contributed by atoms with E-state index in [1.54, 1.807) is 0 Å². The van der Waals surface area contributed by atoms with Crippen molar-refractivity contribution >= 4 is 0 Å². The van der Waals surface area contributed by atoms with E-state index < -0.39 is 0 Å². The summed E-state index contributed by atoms with van der Waals surface area (Å²) in [7, 11) is 0. The van der Waals surface area contributed by atoms with Gasteiger partial charge >= 0.3 is 0 Å². The number of piperidine rings is 1. The molecular weight excluding hydrogens is 206 g/mol. The number of aliphatic hydroxyl groups is 1. The van der Waals surface area contributed by atoms with E-state index in [1.165, 1.54) is 12.8 Å². The molecule has 5 heteroatoms. The van der Waals surface area contributed by atoms with Crippen molar-refractivity contribution in [2.75, 3.05) is 13.1 Å². The molecule has 88 valence electrons. The van der Waals surface area contributed by atoms with Gasteiger partial charge in [-0.3, -0.25) is 4.90 Å². The van der Waals surface area contributed by atoms with Crippen molar-refractivity contribution in [3.63, 3.8) is 0 Å². The van der Waals surface area contributed by atoms with Crippen LogP contribution in [-0.2, 0) is 6.54 Å². The van der Waals surface area contributed by atoms with Crippen molar-refractivity contribution in [3.8, 4) is 0 Å². The number of likely N-dealkylation sites (tertiary alicyclic amines) is 1. The summed E-state index contributed by atoms with van der Waals surface area (Å²) in [5.74, 6) is 2.13. The lowest BCUT2D eigenvalue weighted by atomic mass is 10.1. The first kappa shape index (κ1) is 10.2. The first-order chi connectivity index (χ1) is 7.81. The van der Waals surface area contributed by atoms with E-state index in [9.17, 15) is 5.11 Å². The highest BCUT2D eigenvalue weighted by atomic mass is 16.5. The Morgan fingerprint density at radius 1 is 1.25 bits per heavy atom. The molecule has 2 heterocycles. The van der Waals surface area contributed by atoms with Crippen LogP contribution < -0.4 is 0 Å². The summed E-state index contributed by atoms with van der Waals surface area (Å²) in [5, 5.41) is 13.4. The molecule has 1 aliphatic heterocycles. The van der Waals surface area contributed by atoms with E-state index in [-0.39, 0.29) is 6.10 Å². The summed E-state index contributed by atoms with van der Waals surface area (Å²) in [4.78, 5) is 6.68. The molecule has 0 bridgehead atoms. The molecule has 0 aromatic carbocycles. The minimum absolute atomic E-state index is 0.122. The largest absolute Gasteiger partial charge is 0.393 e. The van der Waals surface area contributed by atoms with Gasteiger partial charge in [-0.1, -0.05) is 5.16 Å². The van der Waals surface area contributed by atoms with Gasteiger partial charge in [0.2, 0.25) is 5.89 Å². The molecule has 0 radical (unpaired) electrons. The van der Waals surface area contributed by atoms with Gasteiger partial charge in [-0.2, -0.15) is 4.98 Å². The number of aliphatic hydroxyl groups excluding tert-OH is 1. The third-order valence-corrected chi connectivity index (χ3v) is 3.33. The molecule has 1 N–H and O–H groups in total. The maximum absolute atomic E-state index is 9.40. The Morgan fingerprint density at radius 3 is 2.69 bits per heavy atom. The lowest BCUT2D eigenvalue weighted by molar-refractivity contribution is 0.0777. The fraction of sp³-hybridized carbons (Fsp3) is 0.818. The summed E-state index contributed by atoms with van der Waals surface area (Å²) < 4.78 is 5.21. The number of nitrogens with zero attached hydrogens (tertiary/aromatic N) is 3. The van der Waals surface area contributed by atoms with Crippen molar-refractivity contribution in [2.45, 2.75) is 44.2 Å². The van der Waals surface area contributed by atoms with E-state index in [2.05, 4.69) is 15.0 Å². The van der Waals surface area contributed by atoms with Gasteiger partial charge in [0, 0.05) is 19.0 Å². The smallest absolute Gasteiger partial charge is 0.229 e. The molecular formula is C11H17N3O2. The minimum Gasteiger partial charge on any atom is -0.393 e. The molecule has 0 atom stereocenters. The second-order valence-electron chi connectivity index (χ2n) is 4.83. The van der Waals surface area contributed by atoms with Crippen molar-refractivity contribution in [1.29, 1.82) is 0 Å². The van der Waals surface area contributed by atoms with Crippen molar-refractivity contribution in [1.82, 2.24) is 15.0 Å². The van der Waals surface area contributed by atoms with E-state index >= 15 is 0 Å². The zero-order chi connectivity index (χ0) is 11.0. The molecule has 16 heavy (non-hydrogen) atoms. The number of hydrogen-bond donors (Lipinski definition) is 1. The predicted octanol–water partition coefficient (Wildman–Crippen LogP) is 0.904. The first-order valence-corrected chi connectivity index (χ1v) is 6.04. The maximum Gasteiger partial charge on any atom is 0.229 e. The molecule has 1 aliphatic carbocycles. The SMILES string of the molecule is OC1CCN(Cc2noc(C3CC3)n2)CC1. The van der Waals surface area contributed by atoms with Gasteiger partial charge in [-0.25, -0.2) is 0 Å². The van der Waals surface area contributed by atoms with Crippen LogP contribution >= 0.6 is 0 Å². The Balaban J connectivity index is 1.56. The molecule has 2 fully saturated rings. The Bertz CT molecular complexity index is 354. The monoisotopic (exact) mass is 223 g/mol. The quantitative estimate of drug-likeness (QED) is 0.825. The van der Waals surface area contributed by atoms with E-state index in [0.717, 1.165) is 44.2 Å². The molecule has 5 nitrogen and oxygen atoms in total. The second kappa shape index (κ2) is 4.14. The van der Waals surface area contributed by atoms with Crippen LogP contribution in [0.5, 0.6) is 0 Å². The molecule has 3 rings (SSSR count). The second-order valence-corrected chi connectivity index (χ2v) is 4.83. The van der Waals surface area contributed by atoms with Crippen LogP contribution in [0.4, 0.5) is 0 Å². The minimum atomic E-state index is -0.122. The third-order valence-electron chi connectivity index (χ3n) is 3.33. The topological polar surface area (TPSA) is 62.4 Å². The summed E-state index contributed by atoms with van der Waals surface area (Å²) >= 11 is 0. The maximum atomic E-state index is 9.40. The lowest BCUT2D eigenvalue weighted by Crippen LogP contribution is -2.35. The normalized spacial score (nSPS) is 23.8. The average molecular weight is 223 g/mol. The molecule has 1 aromatic rings. The van der Waals surface area contributed by atoms with Gasteiger partial charge in [-0.05, 0) is 25.7 Å². The van der Waals surface area contributed by atoms with E-state index in [1.807, 2.05) is 0 Å². The molecule has 2 aliphatic rings. The number of hydrogen-bond acceptors (Lipinski definition) is 5. The Kier molecular flexibility index (Phi) is 2.65. The Morgan fingerprint density at radius 2 is 2.00 bits per heavy atom. The van der Waals surface area contributed by atoms with Gasteiger partial charge < -0.3 is 9.63 Å². The summed E-state index contributed by atoms with van der Waals surface area (Å²) in [6.07, 6.45) is 3.97. The molecule has 1 saturated heterocycles. The predicted molar refractivity (Wildman–Crippen MR) is 56.8 cm³/mol. The molecule has 0 unspecified atom stereocenters. The first-order valence-electron chi connectivity index (χ1n) is 6.04. The van der Waals surface area contributed by atoms with Crippen LogP contribution in [-0.4, -0.2) is 39.3 Å². The van der Waals surface area contributed by atoms with Crippen molar-refractivity contribution in [3.05, 3.63) is 11.7 Å². The van der Waals surface area contributed by atoms with E-state index in [0.29, 0.717) is 5.92 Å². The lowest BCUT2D eigenvalue weighted by Gasteiger charge is -2.28. The van der Waals surface area contributed by atoms with Gasteiger partial charge in [-0.15, -0.1) is 0 Å². The Hall–Kier alpha value is -0.940. The summed E-state index contributed by atoms with van der Waals surface area (Å²) in [5.41, 5.74) is 0. The van der Waals surface area contributed by atoms with Crippen LogP contribution in [0.25, 0.3) is 0 Å². The highest BCUT2D eigenvalue weighted by Gasteiger charge is 2.30. The van der Waals surface area contributed by atoms with Crippen LogP contribution in [0, 0.1) is 0 Å². The van der Waals surface area contributed by atoms with Crippen molar-refractivity contribution < 1.29 is 9.63 Å². The number of aromatic nitrogens is 2. The Labute approximate surface area is 94.4 Å². The third kappa shape index (κ3) is 2.25. The van der Waals surface area contributed by atoms with Crippen LogP contribution in [0.1, 0.15) is 43.3 Å². The zero-order valence-corrected chi connectivity index (χ0v) is 9.30. The van der Waals surface area contributed by atoms with Crippen LogP contribution in [0.2, 0.25) is 0 Å². The van der Waals surface area contributed by atoms with Gasteiger partial charge in [0.1, 0.15) is 0 Å². The summed E-state index contributed by atoms with van der Waals surface area (Å²) in [6.45, 7) is 2.60. The molecule has 1 saturated carbocycles. The van der Waals surface area contributed by atoms with Gasteiger partial charge in [0.25, 0.3) is 0 Å². The molecule has 0 spiro atoms. The van der Waals surface area contributed by atoms with Crippen molar-refractivity contribution in [2.24, 2.45) is 0 Å². The fourth-order valence-electron chi connectivity index (χ4n) is 2.11. The molecule has 0 amide bonds. The highest BCUT2D eigenvalue weighted by molar-refractivity contribution is 5.01. The fourth-order valence-corrected chi connectivity index (χ4v) is 2.11. The van der Waals surface area contributed by atoms with Gasteiger partial charge in [0.05, 0.1) is 12.6 Å². The highest BCUT2D eigenvalue weighted by Crippen LogP contribution is 2.38.